The number of carboxylic acid groups (broad SMARTS) is 1. The number of rotatable bonds is 6. The molecular weight excluding hydrogens is 419 g/mol. The van der Waals surface area contributed by atoms with E-state index in [1.165, 1.54) is 37.3 Å². The zero-order chi connectivity index (χ0) is 21.8. The first-order valence-corrected chi connectivity index (χ1v) is 10.9. The van der Waals surface area contributed by atoms with E-state index in [0.29, 0.717) is 5.02 Å². The molecule has 0 saturated heterocycles. The Kier molecular flexibility index (Phi) is 7.15. The highest BCUT2D eigenvalue weighted by Crippen LogP contribution is 2.34. The summed E-state index contributed by atoms with van der Waals surface area (Å²) in [6, 6.07) is 4.46. The fourth-order valence-electron chi connectivity index (χ4n) is 2.67. The topological polar surface area (TPSA) is 80.7 Å². The maximum absolute atomic E-state index is 15.0. The maximum Gasteiger partial charge on any atom is 0.341 e. The van der Waals surface area contributed by atoms with Crippen LogP contribution in [0.5, 0.6) is 5.75 Å². The van der Waals surface area contributed by atoms with E-state index in [2.05, 4.69) is 11.8 Å². The lowest BCUT2D eigenvalue weighted by Gasteiger charge is -2.24. The first-order valence-electron chi connectivity index (χ1n) is 8.91. The summed E-state index contributed by atoms with van der Waals surface area (Å²) in [6.45, 7) is 4.35. The molecule has 0 bridgehead atoms. The normalized spacial score (nSPS) is 19.1. The minimum Gasteiger partial charge on any atom is -0.481 e. The van der Waals surface area contributed by atoms with Gasteiger partial charge in [0, 0.05) is 17.0 Å². The molecule has 1 N–H and O–H groups in total. The van der Waals surface area contributed by atoms with Crippen LogP contribution in [-0.2, 0) is 14.6 Å². The van der Waals surface area contributed by atoms with Crippen molar-refractivity contribution < 1.29 is 27.4 Å². The van der Waals surface area contributed by atoms with E-state index in [9.17, 15) is 17.6 Å². The van der Waals surface area contributed by atoms with Crippen LogP contribution in [0.25, 0.3) is 0 Å². The summed E-state index contributed by atoms with van der Waals surface area (Å²) in [5, 5.41) is 9.13. The molecule has 1 aliphatic carbocycles. The highest BCUT2D eigenvalue weighted by atomic mass is 35.5. The average molecular weight is 441 g/mol. The van der Waals surface area contributed by atoms with Crippen molar-refractivity contribution in [1.29, 1.82) is 0 Å². The number of halogens is 2. The van der Waals surface area contributed by atoms with Gasteiger partial charge in [0.05, 0.1) is 16.2 Å². The summed E-state index contributed by atoms with van der Waals surface area (Å²) in [4.78, 5) is 10.8. The Morgan fingerprint density at radius 3 is 2.69 bits per heavy atom. The molecule has 156 valence electrons. The van der Waals surface area contributed by atoms with Gasteiger partial charge in [-0.05, 0) is 37.1 Å². The van der Waals surface area contributed by atoms with Gasteiger partial charge in [-0.15, -0.1) is 0 Å². The van der Waals surface area contributed by atoms with E-state index in [1.54, 1.807) is 13.8 Å². The van der Waals surface area contributed by atoms with Crippen LogP contribution in [0.2, 0.25) is 5.02 Å². The zero-order valence-corrected chi connectivity index (χ0v) is 17.9. The third kappa shape index (κ3) is 6.34. The third-order valence-corrected chi connectivity index (χ3v) is 6.41. The van der Waals surface area contributed by atoms with Gasteiger partial charge in [0.25, 0.3) is 0 Å². The number of benzene rings is 1. The SMILES string of the molecule is CC(C)CS(=O)(=O)C1=CCC(C)(F)C(C#Cc2cc(Cl)ccc2OCC(=O)O)=C1. The average Bonchev–Trinajstić information content (AvgIpc) is 2.58. The van der Waals surface area contributed by atoms with Gasteiger partial charge in [0.15, 0.2) is 16.4 Å². The van der Waals surface area contributed by atoms with E-state index in [0.717, 1.165) is 0 Å². The molecule has 0 fully saturated rings. The summed E-state index contributed by atoms with van der Waals surface area (Å²) in [6.07, 6.45) is 2.53. The van der Waals surface area contributed by atoms with Crippen LogP contribution in [0.4, 0.5) is 4.39 Å². The molecule has 0 saturated carbocycles. The number of carbonyl (C=O) groups is 1. The van der Waals surface area contributed by atoms with Crippen molar-refractivity contribution in [3.05, 3.63) is 51.4 Å². The molecule has 0 aromatic heterocycles. The van der Waals surface area contributed by atoms with Crippen molar-refractivity contribution >= 4 is 27.4 Å². The molecule has 0 heterocycles. The van der Waals surface area contributed by atoms with Crippen LogP contribution in [0.3, 0.4) is 0 Å². The Bertz CT molecular complexity index is 1030. The summed E-state index contributed by atoms with van der Waals surface area (Å²) < 4.78 is 45.1. The van der Waals surface area contributed by atoms with E-state index in [1.807, 2.05) is 0 Å². The Morgan fingerprint density at radius 2 is 2.07 bits per heavy atom. The van der Waals surface area contributed by atoms with Gasteiger partial charge in [0.1, 0.15) is 11.4 Å². The smallest absolute Gasteiger partial charge is 0.341 e. The van der Waals surface area contributed by atoms with Crippen molar-refractivity contribution in [1.82, 2.24) is 0 Å². The molecule has 0 amide bonds. The highest BCUT2D eigenvalue weighted by molar-refractivity contribution is 7.95. The lowest BCUT2D eigenvalue weighted by atomic mass is 9.90. The molecule has 0 spiro atoms. The van der Waals surface area contributed by atoms with Gasteiger partial charge in [-0.3, -0.25) is 0 Å². The predicted molar refractivity (Wildman–Crippen MR) is 110 cm³/mol. The highest BCUT2D eigenvalue weighted by Gasteiger charge is 2.32. The van der Waals surface area contributed by atoms with Gasteiger partial charge in [-0.25, -0.2) is 17.6 Å². The molecule has 8 heteroatoms. The van der Waals surface area contributed by atoms with Gasteiger partial charge >= 0.3 is 5.97 Å². The predicted octanol–water partition coefficient (Wildman–Crippen LogP) is 4.17. The Morgan fingerprint density at radius 1 is 1.38 bits per heavy atom. The Hall–Kier alpha value is -2.30. The minimum atomic E-state index is -3.54. The summed E-state index contributed by atoms with van der Waals surface area (Å²) in [5.74, 6) is 4.34. The molecule has 1 aromatic carbocycles. The fraction of sp³-hybridized carbons (Fsp3) is 0.381. The lowest BCUT2D eigenvalue weighted by molar-refractivity contribution is -0.139. The summed E-state index contributed by atoms with van der Waals surface area (Å²) in [5.41, 5.74) is -1.53. The van der Waals surface area contributed by atoms with Crippen molar-refractivity contribution in [2.45, 2.75) is 32.9 Å². The Labute approximate surface area is 175 Å². The molecule has 1 atom stereocenters. The van der Waals surface area contributed by atoms with E-state index < -0.39 is 28.1 Å². The first-order chi connectivity index (χ1) is 13.4. The van der Waals surface area contributed by atoms with E-state index >= 15 is 0 Å². The first kappa shape index (κ1) is 23.0. The molecule has 0 aliphatic heterocycles. The largest absolute Gasteiger partial charge is 0.481 e. The number of ether oxygens (including phenoxy) is 1. The number of allylic oxidation sites excluding steroid dienone is 3. The molecule has 1 unspecified atom stereocenters. The lowest BCUT2D eigenvalue weighted by Crippen LogP contribution is -2.25. The van der Waals surface area contributed by atoms with Crippen LogP contribution in [-0.4, -0.2) is 37.5 Å². The number of alkyl halides is 1. The monoisotopic (exact) mass is 440 g/mol. The quantitative estimate of drug-likeness (QED) is 0.671. The number of aliphatic carboxylic acids is 1. The number of carboxylic acids is 1. The summed E-state index contributed by atoms with van der Waals surface area (Å²) in [7, 11) is -3.54. The summed E-state index contributed by atoms with van der Waals surface area (Å²) >= 11 is 5.97. The number of hydrogen-bond donors (Lipinski definition) is 1. The van der Waals surface area contributed by atoms with Crippen LogP contribution in [0.1, 0.15) is 32.8 Å². The standard InChI is InChI=1S/C21H22ClFO5S/c1-14(2)13-29(26,27)18-8-9-21(3,23)16(11-18)5-4-15-10-17(22)6-7-19(15)28-12-20(24)25/h6-8,10-11,14H,9,12-13H2,1-3H3,(H,24,25). The zero-order valence-electron chi connectivity index (χ0n) is 16.3. The van der Waals surface area contributed by atoms with Crippen LogP contribution >= 0.6 is 11.6 Å². The van der Waals surface area contributed by atoms with Crippen molar-refractivity contribution in [2.24, 2.45) is 5.92 Å². The van der Waals surface area contributed by atoms with Crippen LogP contribution < -0.4 is 4.74 Å². The second-order valence-corrected chi connectivity index (χ2v) is 9.78. The fourth-order valence-corrected chi connectivity index (χ4v) is 4.55. The molecule has 1 aliphatic rings. The van der Waals surface area contributed by atoms with Gasteiger partial charge in [-0.2, -0.15) is 0 Å². The van der Waals surface area contributed by atoms with Crippen molar-refractivity contribution in [3.63, 3.8) is 0 Å². The van der Waals surface area contributed by atoms with Gasteiger partial charge in [-0.1, -0.05) is 43.4 Å². The molecule has 1 aromatic rings. The second-order valence-electron chi connectivity index (χ2n) is 7.31. The number of sulfone groups is 1. The Balaban J connectivity index is 2.42. The maximum atomic E-state index is 15.0. The van der Waals surface area contributed by atoms with Gasteiger partial charge < -0.3 is 9.84 Å². The van der Waals surface area contributed by atoms with Crippen LogP contribution in [0, 0.1) is 17.8 Å². The molecular formula is C21H22ClFO5S. The number of hydrogen-bond acceptors (Lipinski definition) is 4. The van der Waals surface area contributed by atoms with Crippen molar-refractivity contribution in [3.8, 4) is 17.6 Å². The molecule has 0 radical (unpaired) electrons. The van der Waals surface area contributed by atoms with E-state index in [-0.39, 0.29) is 39.9 Å². The molecule has 2 rings (SSSR count). The van der Waals surface area contributed by atoms with Crippen molar-refractivity contribution in [2.75, 3.05) is 12.4 Å². The second kappa shape index (κ2) is 9.02. The molecule has 29 heavy (non-hydrogen) atoms. The minimum absolute atomic E-state index is 0.0199. The third-order valence-electron chi connectivity index (χ3n) is 4.07. The van der Waals surface area contributed by atoms with Crippen LogP contribution in [0.15, 0.2) is 40.8 Å². The van der Waals surface area contributed by atoms with E-state index in [4.69, 9.17) is 21.4 Å². The van der Waals surface area contributed by atoms with Gasteiger partial charge in [0.2, 0.25) is 0 Å². The molecule has 5 nitrogen and oxygen atoms in total.